The lowest BCUT2D eigenvalue weighted by Gasteiger charge is -2.22. The van der Waals surface area contributed by atoms with Gasteiger partial charge in [-0.2, -0.15) is 4.31 Å². The summed E-state index contributed by atoms with van der Waals surface area (Å²) in [5, 5.41) is 0. The maximum absolute atomic E-state index is 14.0. The summed E-state index contributed by atoms with van der Waals surface area (Å²) in [4.78, 5) is 0. The van der Waals surface area contributed by atoms with Crippen molar-refractivity contribution in [2.75, 3.05) is 12.4 Å². The Bertz CT molecular complexity index is 909. The van der Waals surface area contributed by atoms with Crippen molar-refractivity contribution in [2.24, 2.45) is 0 Å². The normalized spacial score (nSPS) is 16.5. The molecule has 2 aliphatic rings. The number of halogens is 1. The molecule has 1 heterocycles. The quantitative estimate of drug-likeness (QED) is 0.746. The van der Waals surface area contributed by atoms with Crippen LogP contribution in [0.25, 0.3) is 0 Å². The highest BCUT2D eigenvalue weighted by molar-refractivity contribution is 7.89. The Morgan fingerprint density at radius 2 is 1.96 bits per heavy atom. The van der Waals surface area contributed by atoms with Gasteiger partial charge in [-0.05, 0) is 42.5 Å². The average molecular weight is 375 g/mol. The van der Waals surface area contributed by atoms with E-state index in [1.807, 2.05) is 18.2 Å². The maximum Gasteiger partial charge on any atom is 0.214 e. The predicted octanol–water partition coefficient (Wildman–Crippen LogP) is 3.30. The van der Waals surface area contributed by atoms with E-state index in [4.69, 9.17) is 4.74 Å². The Labute approximate surface area is 153 Å². The van der Waals surface area contributed by atoms with E-state index in [1.165, 1.54) is 10.4 Å². The molecule has 0 saturated heterocycles. The van der Waals surface area contributed by atoms with E-state index in [1.54, 1.807) is 18.2 Å². The topological polar surface area (TPSA) is 46.6 Å². The summed E-state index contributed by atoms with van der Waals surface area (Å²) in [6, 6.07) is 12.3. The highest BCUT2D eigenvalue weighted by Crippen LogP contribution is 2.32. The molecule has 4 nitrogen and oxygen atoms in total. The lowest BCUT2D eigenvalue weighted by Crippen LogP contribution is -2.35. The second kappa shape index (κ2) is 7.00. The third kappa shape index (κ3) is 3.76. The maximum atomic E-state index is 14.0. The second-order valence-corrected chi connectivity index (χ2v) is 9.02. The van der Waals surface area contributed by atoms with Crippen molar-refractivity contribution >= 4 is 10.0 Å². The molecule has 0 bridgehead atoms. The molecule has 1 aliphatic carbocycles. The molecule has 1 fully saturated rings. The minimum atomic E-state index is -3.45. The Morgan fingerprint density at radius 1 is 1.15 bits per heavy atom. The largest absolute Gasteiger partial charge is 0.493 e. The SMILES string of the molecule is O=S(=O)(CCc1ccc2c(c1)CCO2)N(Cc1ccccc1F)C1CC1. The van der Waals surface area contributed by atoms with E-state index in [9.17, 15) is 12.8 Å². The Kier molecular flexibility index (Phi) is 4.71. The van der Waals surface area contributed by atoms with Gasteiger partial charge in [0.1, 0.15) is 11.6 Å². The third-order valence-corrected chi connectivity index (χ3v) is 6.86. The number of hydrogen-bond acceptors (Lipinski definition) is 3. The molecule has 2 aromatic rings. The van der Waals surface area contributed by atoms with Gasteiger partial charge in [-0.1, -0.05) is 30.3 Å². The van der Waals surface area contributed by atoms with Crippen LogP contribution in [0.3, 0.4) is 0 Å². The molecular weight excluding hydrogens is 353 g/mol. The molecule has 1 saturated carbocycles. The molecule has 1 aliphatic heterocycles. The fraction of sp³-hybridized carbons (Fsp3) is 0.400. The van der Waals surface area contributed by atoms with Crippen LogP contribution in [0, 0.1) is 5.82 Å². The molecule has 0 atom stereocenters. The summed E-state index contributed by atoms with van der Waals surface area (Å²) in [6.07, 6.45) is 3.03. The van der Waals surface area contributed by atoms with E-state index in [2.05, 4.69) is 0 Å². The van der Waals surface area contributed by atoms with Gasteiger partial charge in [0.05, 0.1) is 12.4 Å². The van der Waals surface area contributed by atoms with Crippen molar-refractivity contribution in [1.82, 2.24) is 4.31 Å². The summed E-state index contributed by atoms with van der Waals surface area (Å²) in [5.74, 6) is 0.583. The Balaban J connectivity index is 1.47. The predicted molar refractivity (Wildman–Crippen MR) is 98.1 cm³/mol. The summed E-state index contributed by atoms with van der Waals surface area (Å²) >= 11 is 0. The van der Waals surface area contributed by atoms with Crippen LogP contribution in [0.15, 0.2) is 42.5 Å². The molecule has 0 amide bonds. The first kappa shape index (κ1) is 17.5. The molecular formula is C20H22FNO3S. The lowest BCUT2D eigenvalue weighted by molar-refractivity contribution is 0.357. The van der Waals surface area contributed by atoms with Crippen LogP contribution in [0.1, 0.15) is 29.5 Å². The smallest absolute Gasteiger partial charge is 0.214 e. The highest BCUT2D eigenvalue weighted by Gasteiger charge is 2.37. The van der Waals surface area contributed by atoms with Gasteiger partial charge in [0.15, 0.2) is 0 Å². The van der Waals surface area contributed by atoms with E-state index in [0.717, 1.165) is 36.1 Å². The van der Waals surface area contributed by atoms with Gasteiger partial charge in [0.2, 0.25) is 10.0 Å². The van der Waals surface area contributed by atoms with Gasteiger partial charge in [0, 0.05) is 24.6 Å². The fourth-order valence-electron chi connectivity index (χ4n) is 3.37. The van der Waals surface area contributed by atoms with Crippen molar-refractivity contribution in [1.29, 1.82) is 0 Å². The Morgan fingerprint density at radius 3 is 2.73 bits per heavy atom. The third-order valence-electron chi connectivity index (χ3n) is 5.00. The molecule has 0 spiro atoms. The number of rotatable bonds is 7. The zero-order valence-corrected chi connectivity index (χ0v) is 15.3. The first-order valence-corrected chi connectivity index (χ1v) is 10.6. The van der Waals surface area contributed by atoms with Crippen LogP contribution < -0.4 is 4.74 Å². The van der Waals surface area contributed by atoms with E-state index in [0.29, 0.717) is 18.6 Å². The summed E-state index contributed by atoms with van der Waals surface area (Å²) in [7, 11) is -3.45. The van der Waals surface area contributed by atoms with E-state index >= 15 is 0 Å². The summed E-state index contributed by atoms with van der Waals surface area (Å²) in [5.41, 5.74) is 2.57. The number of aryl methyl sites for hydroxylation is 1. The van der Waals surface area contributed by atoms with Crippen LogP contribution in [0.5, 0.6) is 5.75 Å². The van der Waals surface area contributed by atoms with Crippen LogP contribution in [-0.4, -0.2) is 31.1 Å². The van der Waals surface area contributed by atoms with Crippen molar-refractivity contribution in [3.8, 4) is 5.75 Å². The number of fused-ring (bicyclic) bond motifs is 1. The van der Waals surface area contributed by atoms with Crippen molar-refractivity contribution in [2.45, 2.75) is 38.3 Å². The van der Waals surface area contributed by atoms with Gasteiger partial charge in [-0.3, -0.25) is 0 Å². The first-order chi connectivity index (χ1) is 12.5. The minimum Gasteiger partial charge on any atom is -0.493 e. The van der Waals surface area contributed by atoms with Gasteiger partial charge in [-0.25, -0.2) is 12.8 Å². The number of sulfonamides is 1. The van der Waals surface area contributed by atoms with Crippen LogP contribution in [0.4, 0.5) is 4.39 Å². The number of nitrogens with zero attached hydrogens (tertiary/aromatic N) is 1. The molecule has 2 aromatic carbocycles. The van der Waals surface area contributed by atoms with Crippen LogP contribution >= 0.6 is 0 Å². The monoisotopic (exact) mass is 375 g/mol. The number of hydrogen-bond donors (Lipinski definition) is 0. The molecule has 0 aromatic heterocycles. The second-order valence-electron chi connectivity index (χ2n) is 6.97. The molecule has 0 unspecified atom stereocenters. The summed E-state index contributed by atoms with van der Waals surface area (Å²) < 4.78 is 46.8. The van der Waals surface area contributed by atoms with Crippen molar-refractivity contribution in [3.63, 3.8) is 0 Å². The van der Waals surface area contributed by atoms with Crippen LogP contribution in [-0.2, 0) is 29.4 Å². The molecule has 138 valence electrons. The lowest BCUT2D eigenvalue weighted by atomic mass is 10.1. The molecule has 6 heteroatoms. The van der Waals surface area contributed by atoms with E-state index in [-0.39, 0.29) is 24.2 Å². The van der Waals surface area contributed by atoms with Crippen LogP contribution in [0.2, 0.25) is 0 Å². The first-order valence-electron chi connectivity index (χ1n) is 9.00. The van der Waals surface area contributed by atoms with Gasteiger partial charge >= 0.3 is 0 Å². The molecule has 4 rings (SSSR count). The minimum absolute atomic E-state index is 0.00743. The van der Waals surface area contributed by atoms with Crippen molar-refractivity contribution in [3.05, 3.63) is 65.0 Å². The zero-order valence-electron chi connectivity index (χ0n) is 14.5. The van der Waals surface area contributed by atoms with Gasteiger partial charge < -0.3 is 4.74 Å². The highest BCUT2D eigenvalue weighted by atomic mass is 32.2. The standard InChI is InChI=1S/C20H22FNO3S/c21-19-4-2-1-3-17(19)14-22(18-6-7-18)26(23,24)12-10-15-5-8-20-16(13-15)9-11-25-20/h1-5,8,13,18H,6-7,9-12,14H2. The fourth-order valence-corrected chi connectivity index (χ4v) is 5.10. The Hall–Kier alpha value is -1.92. The number of ether oxygens (including phenoxy) is 1. The average Bonchev–Trinajstić information content (AvgIpc) is 3.35. The molecule has 0 N–H and O–H groups in total. The number of benzene rings is 2. The zero-order chi connectivity index (χ0) is 18.1. The molecule has 0 radical (unpaired) electrons. The van der Waals surface area contributed by atoms with Crippen molar-refractivity contribution < 1.29 is 17.5 Å². The van der Waals surface area contributed by atoms with Gasteiger partial charge in [0.25, 0.3) is 0 Å². The molecule has 26 heavy (non-hydrogen) atoms. The van der Waals surface area contributed by atoms with E-state index < -0.39 is 10.0 Å². The van der Waals surface area contributed by atoms with Gasteiger partial charge in [-0.15, -0.1) is 0 Å². The summed E-state index contributed by atoms with van der Waals surface area (Å²) in [6.45, 7) is 0.798.